The summed E-state index contributed by atoms with van der Waals surface area (Å²) in [5.74, 6) is -4.83. The molecule has 4 rings (SSSR count). The van der Waals surface area contributed by atoms with Gasteiger partial charge in [-0.1, -0.05) is 0 Å². The van der Waals surface area contributed by atoms with Crippen LogP contribution in [0.1, 0.15) is 28.8 Å². The first-order valence-corrected chi connectivity index (χ1v) is 9.39. The number of halogens is 4. The minimum absolute atomic E-state index is 0.0130. The van der Waals surface area contributed by atoms with Gasteiger partial charge in [-0.05, 0) is 24.1 Å². The number of aldehydes is 1. The smallest absolute Gasteiger partial charge is 0.475 e. The van der Waals surface area contributed by atoms with E-state index in [1.807, 2.05) is 4.90 Å². The Morgan fingerprint density at radius 2 is 1.81 bits per heavy atom. The molecule has 0 bridgehead atoms. The van der Waals surface area contributed by atoms with Crippen molar-refractivity contribution >= 4 is 35.7 Å². The Morgan fingerprint density at radius 3 is 2.34 bits per heavy atom. The van der Waals surface area contributed by atoms with Gasteiger partial charge in [0.05, 0.1) is 5.56 Å². The van der Waals surface area contributed by atoms with Crippen molar-refractivity contribution in [3.05, 3.63) is 29.1 Å². The van der Waals surface area contributed by atoms with Crippen molar-refractivity contribution in [2.45, 2.75) is 31.6 Å². The van der Waals surface area contributed by atoms with Crippen LogP contribution in [0.25, 0.3) is 0 Å². The molecule has 0 spiro atoms. The van der Waals surface area contributed by atoms with E-state index >= 15 is 0 Å². The predicted molar refractivity (Wildman–Crippen MR) is 97.9 cm³/mol. The molecule has 2 saturated heterocycles. The second kappa shape index (κ2) is 8.55. The zero-order valence-electron chi connectivity index (χ0n) is 16.3. The summed E-state index contributed by atoms with van der Waals surface area (Å²) in [6.07, 6.45) is -3.80. The number of rotatable bonds is 3. The van der Waals surface area contributed by atoms with Crippen molar-refractivity contribution in [2.75, 3.05) is 18.0 Å². The summed E-state index contributed by atoms with van der Waals surface area (Å²) in [5, 5.41) is 9.35. The zero-order chi connectivity index (χ0) is 23.8. The molecular formula is C19H17F4N3O6. The van der Waals surface area contributed by atoms with Gasteiger partial charge in [-0.25, -0.2) is 9.18 Å². The van der Waals surface area contributed by atoms with Crippen LogP contribution < -0.4 is 10.2 Å². The monoisotopic (exact) mass is 459 g/mol. The molecule has 3 aliphatic heterocycles. The fourth-order valence-corrected chi connectivity index (χ4v) is 3.63. The van der Waals surface area contributed by atoms with Crippen molar-refractivity contribution in [1.82, 2.24) is 10.2 Å². The average Bonchev–Trinajstić information content (AvgIpc) is 2.97. The van der Waals surface area contributed by atoms with Crippen LogP contribution in [0.5, 0.6) is 0 Å². The van der Waals surface area contributed by atoms with E-state index in [2.05, 4.69) is 5.32 Å². The van der Waals surface area contributed by atoms with E-state index < -0.39 is 35.8 Å². The molecular weight excluding hydrogens is 442 g/mol. The second-order valence-electron chi connectivity index (χ2n) is 7.47. The number of benzene rings is 1. The number of nitrogens with one attached hydrogen (secondary N) is 1. The molecule has 1 aromatic rings. The lowest BCUT2D eigenvalue weighted by Crippen LogP contribution is -2.52. The van der Waals surface area contributed by atoms with Crippen LogP contribution in [0.3, 0.4) is 0 Å². The Balaban J connectivity index is 0.000000360. The fraction of sp³-hybridized carbons (Fsp3) is 0.421. The number of amides is 3. The van der Waals surface area contributed by atoms with Gasteiger partial charge in [0.2, 0.25) is 11.8 Å². The van der Waals surface area contributed by atoms with E-state index in [1.165, 1.54) is 11.0 Å². The van der Waals surface area contributed by atoms with Crippen LogP contribution in [0.15, 0.2) is 12.1 Å². The maximum Gasteiger partial charge on any atom is 0.490 e. The molecule has 3 heterocycles. The standard InChI is InChI=1S/C17H16FN3O4.C2HF3O2/c18-12-4-11(20-5-9(6-20)8-22)3-10-7-21(17(25)15(10)12)13-1-2-14(23)19-16(13)24;3-2(4,5)1(6)7/h3-4,8-9,13H,1-2,5-7H2,(H,19,23,24);(H,6,7). The van der Waals surface area contributed by atoms with Crippen molar-refractivity contribution in [3.63, 3.8) is 0 Å². The third-order valence-electron chi connectivity index (χ3n) is 5.27. The van der Waals surface area contributed by atoms with Crippen LogP contribution in [0.4, 0.5) is 23.2 Å². The summed E-state index contributed by atoms with van der Waals surface area (Å²) in [6, 6.07) is 2.28. The van der Waals surface area contributed by atoms with Crippen LogP contribution in [0.2, 0.25) is 0 Å². The highest BCUT2D eigenvalue weighted by atomic mass is 19.4. The summed E-state index contributed by atoms with van der Waals surface area (Å²) >= 11 is 0. The summed E-state index contributed by atoms with van der Waals surface area (Å²) in [6.45, 7) is 1.20. The number of carboxylic acid groups (broad SMARTS) is 1. The van der Waals surface area contributed by atoms with E-state index in [0.29, 0.717) is 24.3 Å². The van der Waals surface area contributed by atoms with Gasteiger partial charge in [0.25, 0.3) is 5.91 Å². The molecule has 1 atom stereocenters. The van der Waals surface area contributed by atoms with Crippen molar-refractivity contribution in [2.24, 2.45) is 5.92 Å². The molecule has 3 amide bonds. The predicted octanol–water partition coefficient (Wildman–Crippen LogP) is 0.855. The number of nitrogens with zero attached hydrogens (tertiary/aromatic N) is 2. The van der Waals surface area contributed by atoms with Gasteiger partial charge >= 0.3 is 12.1 Å². The minimum atomic E-state index is -5.08. The molecule has 0 aliphatic carbocycles. The Morgan fingerprint density at radius 1 is 1.19 bits per heavy atom. The molecule has 32 heavy (non-hydrogen) atoms. The molecule has 0 radical (unpaired) electrons. The number of carbonyl (C=O) groups excluding carboxylic acids is 4. The molecule has 2 N–H and O–H groups in total. The van der Waals surface area contributed by atoms with Gasteiger partial charge in [0, 0.05) is 37.7 Å². The Kier molecular flexibility index (Phi) is 6.19. The van der Waals surface area contributed by atoms with Gasteiger partial charge in [-0.15, -0.1) is 0 Å². The van der Waals surface area contributed by atoms with Crippen molar-refractivity contribution < 1.29 is 46.6 Å². The van der Waals surface area contributed by atoms with Crippen LogP contribution in [-0.2, 0) is 25.7 Å². The van der Waals surface area contributed by atoms with Gasteiger partial charge in [0.15, 0.2) is 0 Å². The summed E-state index contributed by atoms with van der Waals surface area (Å²) < 4.78 is 46.2. The third-order valence-corrected chi connectivity index (χ3v) is 5.27. The molecule has 3 aliphatic rings. The first-order valence-electron chi connectivity index (χ1n) is 9.39. The fourth-order valence-electron chi connectivity index (χ4n) is 3.63. The van der Waals surface area contributed by atoms with E-state index in [9.17, 15) is 36.7 Å². The number of carboxylic acids is 1. The Bertz CT molecular complexity index is 990. The molecule has 13 heteroatoms. The van der Waals surface area contributed by atoms with E-state index in [4.69, 9.17) is 9.90 Å². The van der Waals surface area contributed by atoms with E-state index in [0.717, 1.165) is 6.29 Å². The molecule has 1 aromatic carbocycles. The molecule has 9 nitrogen and oxygen atoms in total. The third kappa shape index (κ3) is 4.55. The van der Waals surface area contributed by atoms with Crippen LogP contribution in [-0.4, -0.2) is 65.3 Å². The SMILES string of the molecule is O=C(O)C(F)(F)F.O=CC1CN(c2cc(F)c3c(c2)CN(C2CCC(=O)NC2=O)C3=O)C1. The topological polar surface area (TPSA) is 124 Å². The number of carbonyl (C=O) groups is 5. The number of piperidine rings is 1. The van der Waals surface area contributed by atoms with Crippen LogP contribution >= 0.6 is 0 Å². The molecule has 0 saturated carbocycles. The maximum absolute atomic E-state index is 14.5. The number of fused-ring (bicyclic) bond motifs is 1. The Hall–Kier alpha value is -3.51. The van der Waals surface area contributed by atoms with Gasteiger partial charge in [-0.3, -0.25) is 19.7 Å². The molecule has 172 valence electrons. The number of hydrogen-bond acceptors (Lipinski definition) is 6. The molecule has 2 fully saturated rings. The largest absolute Gasteiger partial charge is 0.490 e. The van der Waals surface area contributed by atoms with Gasteiger partial charge < -0.3 is 19.7 Å². The van der Waals surface area contributed by atoms with E-state index in [-0.39, 0.29) is 36.8 Å². The minimum Gasteiger partial charge on any atom is -0.475 e. The van der Waals surface area contributed by atoms with Crippen LogP contribution in [0, 0.1) is 11.7 Å². The summed E-state index contributed by atoms with van der Waals surface area (Å²) in [4.78, 5) is 58.7. The van der Waals surface area contributed by atoms with Gasteiger partial charge in [0.1, 0.15) is 18.1 Å². The summed E-state index contributed by atoms with van der Waals surface area (Å²) in [7, 11) is 0. The average molecular weight is 459 g/mol. The molecule has 1 unspecified atom stereocenters. The number of hydrogen-bond donors (Lipinski definition) is 2. The molecule has 0 aromatic heterocycles. The highest BCUT2D eigenvalue weighted by Crippen LogP contribution is 2.34. The highest BCUT2D eigenvalue weighted by molar-refractivity contribution is 6.05. The van der Waals surface area contributed by atoms with Gasteiger partial charge in [-0.2, -0.15) is 13.2 Å². The lowest BCUT2D eigenvalue weighted by Gasteiger charge is -2.38. The first kappa shape index (κ1) is 23.2. The lowest BCUT2D eigenvalue weighted by molar-refractivity contribution is -0.192. The maximum atomic E-state index is 14.5. The highest BCUT2D eigenvalue weighted by Gasteiger charge is 2.41. The zero-order valence-corrected chi connectivity index (χ0v) is 16.3. The number of anilines is 1. The van der Waals surface area contributed by atoms with Crippen molar-refractivity contribution in [1.29, 1.82) is 0 Å². The number of imide groups is 1. The van der Waals surface area contributed by atoms with Crippen molar-refractivity contribution in [3.8, 4) is 0 Å². The Labute approximate surface area is 177 Å². The summed E-state index contributed by atoms with van der Waals surface area (Å²) in [5.41, 5.74) is 1.15. The number of aliphatic carboxylic acids is 1. The lowest BCUT2D eigenvalue weighted by atomic mass is 9.99. The normalized spacial score (nSPS) is 20.8. The first-order chi connectivity index (χ1) is 14.9. The quantitative estimate of drug-likeness (QED) is 0.390. The van der Waals surface area contributed by atoms with E-state index in [1.54, 1.807) is 6.07 Å². The number of alkyl halides is 3. The second-order valence-corrected chi connectivity index (χ2v) is 7.47.